The molecule has 0 saturated carbocycles. The number of nitrogens with zero attached hydrogens (tertiary/aromatic N) is 3. The van der Waals surface area contributed by atoms with E-state index in [0.717, 1.165) is 10.5 Å². The van der Waals surface area contributed by atoms with Crippen LogP contribution in [-0.4, -0.2) is 31.8 Å². The van der Waals surface area contributed by atoms with Crippen molar-refractivity contribution < 1.29 is 4.79 Å². The first-order valence-corrected chi connectivity index (χ1v) is 9.64. The molecule has 1 amide bonds. The van der Waals surface area contributed by atoms with E-state index in [4.69, 9.17) is 0 Å². The Bertz CT molecular complexity index is 1290. The number of fused-ring (bicyclic) bond motifs is 1. The lowest BCUT2D eigenvalue weighted by Gasteiger charge is -2.10. The maximum absolute atomic E-state index is 12.5. The highest BCUT2D eigenvalue weighted by Gasteiger charge is 2.10. The molecular formula is C22H21N5O3. The topological polar surface area (TPSA) is 102 Å². The van der Waals surface area contributed by atoms with Crippen molar-refractivity contribution in [2.24, 2.45) is 0 Å². The van der Waals surface area contributed by atoms with E-state index in [2.05, 4.69) is 15.4 Å². The molecule has 0 aliphatic carbocycles. The van der Waals surface area contributed by atoms with Crippen LogP contribution < -0.4 is 16.4 Å². The van der Waals surface area contributed by atoms with Crippen molar-refractivity contribution in [3.05, 3.63) is 99.1 Å². The molecule has 152 valence electrons. The second-order valence-corrected chi connectivity index (χ2v) is 6.93. The predicted molar refractivity (Wildman–Crippen MR) is 113 cm³/mol. The van der Waals surface area contributed by atoms with Crippen molar-refractivity contribution in [3.63, 3.8) is 0 Å². The molecular weight excluding hydrogens is 382 g/mol. The summed E-state index contributed by atoms with van der Waals surface area (Å²) in [6, 6.07) is 16.6. The summed E-state index contributed by atoms with van der Waals surface area (Å²) in [7, 11) is 0. The van der Waals surface area contributed by atoms with Gasteiger partial charge in [-0.05, 0) is 17.7 Å². The molecule has 0 aliphatic heterocycles. The van der Waals surface area contributed by atoms with Crippen molar-refractivity contribution in [2.45, 2.75) is 19.5 Å². The van der Waals surface area contributed by atoms with Crippen LogP contribution in [-0.2, 0) is 24.3 Å². The first kappa shape index (κ1) is 19.4. The average molecular weight is 403 g/mol. The largest absolute Gasteiger partial charge is 0.354 e. The van der Waals surface area contributed by atoms with Gasteiger partial charge in [-0.1, -0.05) is 42.5 Å². The summed E-state index contributed by atoms with van der Waals surface area (Å²) in [4.78, 5) is 41.3. The van der Waals surface area contributed by atoms with Gasteiger partial charge in [0.05, 0.1) is 10.8 Å². The number of carbonyl (C=O) groups excluding carboxylic acids is 1. The zero-order valence-corrected chi connectivity index (χ0v) is 16.2. The van der Waals surface area contributed by atoms with Gasteiger partial charge in [0.15, 0.2) is 0 Å². The van der Waals surface area contributed by atoms with Gasteiger partial charge in [0.1, 0.15) is 12.4 Å². The maximum atomic E-state index is 12.5. The number of imidazole rings is 1. The van der Waals surface area contributed by atoms with Crippen molar-refractivity contribution in [2.75, 3.05) is 6.54 Å². The fraction of sp³-hybridized carbons (Fsp3) is 0.182. The Labute approximate surface area is 171 Å². The molecule has 0 bridgehead atoms. The van der Waals surface area contributed by atoms with E-state index < -0.39 is 11.1 Å². The molecule has 0 aliphatic rings. The summed E-state index contributed by atoms with van der Waals surface area (Å²) in [5, 5.41) is 5.84. The second kappa shape index (κ2) is 8.60. The first-order valence-electron chi connectivity index (χ1n) is 9.64. The molecule has 4 rings (SSSR count). The van der Waals surface area contributed by atoms with E-state index in [0.29, 0.717) is 24.9 Å². The molecule has 0 radical (unpaired) electrons. The molecule has 0 saturated heterocycles. The van der Waals surface area contributed by atoms with Crippen LogP contribution in [0.4, 0.5) is 0 Å². The summed E-state index contributed by atoms with van der Waals surface area (Å²) in [6.07, 6.45) is 4.19. The van der Waals surface area contributed by atoms with Gasteiger partial charge in [-0.3, -0.25) is 19.5 Å². The summed E-state index contributed by atoms with van der Waals surface area (Å²) < 4.78 is 3.07. The molecule has 0 spiro atoms. The minimum absolute atomic E-state index is 0.253. The number of carbonyl (C=O) groups is 1. The molecule has 0 fully saturated rings. The molecule has 8 heteroatoms. The fourth-order valence-corrected chi connectivity index (χ4v) is 3.36. The van der Waals surface area contributed by atoms with Gasteiger partial charge in [-0.25, -0.2) is 9.67 Å². The summed E-state index contributed by atoms with van der Waals surface area (Å²) >= 11 is 0. The quantitative estimate of drug-likeness (QED) is 0.485. The number of H-pyrrole nitrogens is 1. The van der Waals surface area contributed by atoms with Gasteiger partial charge < -0.3 is 9.88 Å². The predicted octanol–water partition coefficient (Wildman–Crippen LogP) is 1.29. The monoisotopic (exact) mass is 403 g/mol. The second-order valence-electron chi connectivity index (χ2n) is 6.93. The zero-order chi connectivity index (χ0) is 20.9. The summed E-state index contributed by atoms with van der Waals surface area (Å²) in [5.41, 5.74) is 0.361. The number of hydrogen-bond acceptors (Lipinski definition) is 4. The lowest BCUT2D eigenvalue weighted by Crippen LogP contribution is -2.37. The molecule has 2 N–H and O–H groups in total. The van der Waals surface area contributed by atoms with E-state index in [1.165, 1.54) is 5.56 Å². The highest BCUT2D eigenvalue weighted by molar-refractivity contribution is 5.81. The number of aromatic amines is 1. The van der Waals surface area contributed by atoms with Crippen LogP contribution in [0.3, 0.4) is 0 Å². The average Bonchev–Trinajstić information content (AvgIpc) is 3.19. The Hall–Kier alpha value is -3.94. The third kappa shape index (κ3) is 4.22. The zero-order valence-electron chi connectivity index (χ0n) is 16.2. The number of aromatic nitrogens is 4. The number of nitrogens with one attached hydrogen (secondary N) is 2. The number of amides is 1. The number of rotatable bonds is 7. The summed E-state index contributed by atoms with van der Waals surface area (Å²) in [6.45, 7) is 0.826. The molecule has 0 unspecified atom stereocenters. The van der Waals surface area contributed by atoms with E-state index >= 15 is 0 Å². The van der Waals surface area contributed by atoms with Crippen LogP contribution >= 0.6 is 0 Å². The Morgan fingerprint density at radius 2 is 1.73 bits per heavy atom. The van der Waals surface area contributed by atoms with E-state index in [9.17, 15) is 14.4 Å². The molecule has 2 aromatic heterocycles. The Balaban J connectivity index is 1.37. The SMILES string of the molecule is O=C(Cn1[nH]c(=O)c2ccccc2c1=O)NCCc1nccn1Cc1ccccc1. The molecule has 30 heavy (non-hydrogen) atoms. The van der Waals surface area contributed by atoms with Crippen molar-refractivity contribution >= 4 is 16.7 Å². The third-order valence-corrected chi connectivity index (χ3v) is 4.85. The molecule has 2 aromatic carbocycles. The standard InChI is InChI=1S/C22H21N5O3/c28-20(15-27-22(30)18-9-5-4-8-17(18)21(29)25-27)24-11-10-19-23-12-13-26(19)14-16-6-2-1-3-7-16/h1-9,12-13H,10-11,14-15H2,(H,24,28)(H,25,29). The Morgan fingerprint density at radius 1 is 1.00 bits per heavy atom. The normalized spacial score (nSPS) is 10.9. The lowest BCUT2D eigenvalue weighted by molar-refractivity contribution is -0.121. The summed E-state index contributed by atoms with van der Waals surface area (Å²) in [5.74, 6) is 0.500. The van der Waals surface area contributed by atoms with Crippen LogP contribution in [0.15, 0.2) is 76.6 Å². The third-order valence-electron chi connectivity index (χ3n) is 4.85. The van der Waals surface area contributed by atoms with Crippen molar-refractivity contribution in [1.29, 1.82) is 0 Å². The van der Waals surface area contributed by atoms with Gasteiger partial charge in [-0.2, -0.15) is 0 Å². The van der Waals surface area contributed by atoms with Crippen molar-refractivity contribution in [1.82, 2.24) is 24.6 Å². The highest BCUT2D eigenvalue weighted by atomic mass is 16.2. The van der Waals surface area contributed by atoms with Gasteiger partial charge in [0.25, 0.3) is 11.1 Å². The van der Waals surface area contributed by atoms with Gasteiger partial charge in [-0.15, -0.1) is 0 Å². The van der Waals surface area contributed by atoms with E-state index in [-0.39, 0.29) is 17.8 Å². The van der Waals surface area contributed by atoms with Crippen LogP contribution in [0.2, 0.25) is 0 Å². The smallest absolute Gasteiger partial charge is 0.273 e. The minimum atomic E-state index is -0.404. The van der Waals surface area contributed by atoms with Crippen LogP contribution in [0.1, 0.15) is 11.4 Å². The van der Waals surface area contributed by atoms with Gasteiger partial charge in [0.2, 0.25) is 5.91 Å². The maximum Gasteiger partial charge on any atom is 0.273 e. The highest BCUT2D eigenvalue weighted by Crippen LogP contribution is 2.06. The minimum Gasteiger partial charge on any atom is -0.354 e. The van der Waals surface area contributed by atoms with Crippen molar-refractivity contribution in [3.8, 4) is 0 Å². The molecule has 2 heterocycles. The number of hydrogen-bond donors (Lipinski definition) is 2. The first-order chi connectivity index (χ1) is 14.6. The van der Waals surface area contributed by atoms with Crippen LogP contribution in [0.5, 0.6) is 0 Å². The van der Waals surface area contributed by atoms with Gasteiger partial charge >= 0.3 is 0 Å². The fourth-order valence-electron chi connectivity index (χ4n) is 3.36. The molecule has 4 aromatic rings. The number of benzene rings is 2. The van der Waals surface area contributed by atoms with Crippen LogP contribution in [0.25, 0.3) is 10.8 Å². The van der Waals surface area contributed by atoms with Gasteiger partial charge in [0, 0.05) is 31.9 Å². The Morgan fingerprint density at radius 3 is 2.53 bits per heavy atom. The lowest BCUT2D eigenvalue weighted by atomic mass is 10.2. The molecule has 8 nitrogen and oxygen atoms in total. The van der Waals surface area contributed by atoms with Crippen LogP contribution in [0, 0.1) is 0 Å². The Kier molecular flexibility index (Phi) is 5.56. The molecule has 0 atom stereocenters. The van der Waals surface area contributed by atoms with E-state index in [1.807, 2.05) is 41.1 Å². The van der Waals surface area contributed by atoms with E-state index in [1.54, 1.807) is 30.5 Å².